The first-order chi connectivity index (χ1) is 2.39. The molecule has 0 N–H and O–H groups in total. The summed E-state index contributed by atoms with van der Waals surface area (Å²) >= 11 is 0. The van der Waals surface area contributed by atoms with Gasteiger partial charge in [-0.15, -0.1) is 0 Å². The maximum Gasteiger partial charge on any atom is 0.0109 e. The summed E-state index contributed by atoms with van der Waals surface area (Å²) in [4.78, 5) is 2.06. The molecule has 1 heteroatoms. The molecule has 1 aliphatic rings. The quantitative estimate of drug-likeness (QED) is 0.401. The van der Waals surface area contributed by atoms with E-state index in [4.69, 9.17) is 0 Å². The lowest BCUT2D eigenvalue weighted by atomic mass is 10.3. The van der Waals surface area contributed by atoms with E-state index in [1.807, 2.05) is 0 Å². The second-order valence-corrected chi connectivity index (χ2v) is 1.47. The minimum Gasteiger partial charge on any atom is -0.302 e. The third kappa shape index (κ3) is 0.428. The molecule has 1 heterocycles. The lowest BCUT2D eigenvalue weighted by molar-refractivity contribution is 0.259. The van der Waals surface area contributed by atoms with Crippen LogP contribution in [0.2, 0.25) is 0 Å². The van der Waals surface area contributed by atoms with Gasteiger partial charge in [0.25, 0.3) is 0 Å². The SMILES string of the molecule is [CH2]N1CCC1. The zero-order chi connectivity index (χ0) is 3.70. The number of rotatable bonds is 0. The van der Waals surface area contributed by atoms with Crippen LogP contribution in [0.15, 0.2) is 0 Å². The van der Waals surface area contributed by atoms with Crippen LogP contribution in [0.5, 0.6) is 0 Å². The fourth-order valence-electron chi connectivity index (χ4n) is 0.382. The highest BCUT2D eigenvalue weighted by Crippen LogP contribution is 2.00. The van der Waals surface area contributed by atoms with Crippen LogP contribution in [0.1, 0.15) is 6.42 Å². The molecular weight excluding hydrogens is 62.1 g/mol. The fourth-order valence-corrected chi connectivity index (χ4v) is 0.382. The molecule has 1 rings (SSSR count). The largest absolute Gasteiger partial charge is 0.302 e. The first kappa shape index (κ1) is 3.16. The zero-order valence-corrected chi connectivity index (χ0v) is 3.28. The predicted molar refractivity (Wildman–Crippen MR) is 21.5 cm³/mol. The first-order valence-corrected chi connectivity index (χ1v) is 1.95. The van der Waals surface area contributed by atoms with Crippen molar-refractivity contribution in [1.29, 1.82) is 0 Å². The van der Waals surface area contributed by atoms with Gasteiger partial charge in [0.2, 0.25) is 0 Å². The summed E-state index contributed by atoms with van der Waals surface area (Å²) in [6, 6.07) is 0. The fraction of sp³-hybridized carbons (Fsp3) is 0.750. The van der Waals surface area contributed by atoms with Crippen molar-refractivity contribution in [2.75, 3.05) is 13.1 Å². The Morgan fingerprint density at radius 3 is 1.80 bits per heavy atom. The molecule has 0 aromatic heterocycles. The Morgan fingerprint density at radius 2 is 1.80 bits per heavy atom. The highest BCUT2D eigenvalue weighted by molar-refractivity contribution is 4.65. The summed E-state index contributed by atoms with van der Waals surface area (Å²) in [5.74, 6) is 0. The summed E-state index contributed by atoms with van der Waals surface area (Å²) in [7, 11) is 3.68. The van der Waals surface area contributed by atoms with Gasteiger partial charge >= 0.3 is 0 Å². The minimum atomic E-state index is 1.21. The van der Waals surface area contributed by atoms with Crippen molar-refractivity contribution in [2.24, 2.45) is 0 Å². The maximum atomic E-state index is 3.68. The molecule has 0 atom stereocenters. The van der Waals surface area contributed by atoms with E-state index in [-0.39, 0.29) is 0 Å². The van der Waals surface area contributed by atoms with Gasteiger partial charge in [-0.2, -0.15) is 0 Å². The van der Waals surface area contributed by atoms with Crippen LogP contribution in [-0.2, 0) is 0 Å². The first-order valence-electron chi connectivity index (χ1n) is 1.95. The molecule has 0 aromatic carbocycles. The van der Waals surface area contributed by atoms with E-state index in [2.05, 4.69) is 11.9 Å². The van der Waals surface area contributed by atoms with Gasteiger partial charge in [0, 0.05) is 7.05 Å². The van der Waals surface area contributed by atoms with Crippen LogP contribution in [-0.4, -0.2) is 18.0 Å². The van der Waals surface area contributed by atoms with Crippen LogP contribution in [0.3, 0.4) is 0 Å². The Kier molecular flexibility index (Phi) is 0.618. The van der Waals surface area contributed by atoms with Crippen LogP contribution >= 0.6 is 0 Å². The summed E-state index contributed by atoms with van der Waals surface area (Å²) < 4.78 is 0. The highest BCUT2D eigenvalue weighted by atomic mass is 15.1. The van der Waals surface area contributed by atoms with Crippen molar-refractivity contribution >= 4 is 0 Å². The molecule has 5 heavy (non-hydrogen) atoms. The number of hydrogen-bond donors (Lipinski definition) is 0. The molecule has 29 valence electrons. The van der Waals surface area contributed by atoms with Crippen molar-refractivity contribution in [3.05, 3.63) is 7.05 Å². The maximum absolute atomic E-state index is 3.68. The van der Waals surface area contributed by atoms with Gasteiger partial charge in [-0.1, -0.05) is 0 Å². The van der Waals surface area contributed by atoms with Crippen LogP contribution in [0, 0.1) is 7.05 Å². The molecule has 0 aromatic rings. The number of hydrogen-bond acceptors (Lipinski definition) is 1. The minimum absolute atomic E-state index is 1.21. The smallest absolute Gasteiger partial charge is 0.0109 e. The van der Waals surface area contributed by atoms with E-state index in [1.165, 1.54) is 19.5 Å². The lowest BCUT2D eigenvalue weighted by Gasteiger charge is -2.24. The summed E-state index contributed by atoms with van der Waals surface area (Å²) in [5.41, 5.74) is 0. The monoisotopic (exact) mass is 70.1 g/mol. The molecule has 0 unspecified atom stereocenters. The third-order valence-corrected chi connectivity index (χ3v) is 0.949. The highest BCUT2D eigenvalue weighted by Gasteiger charge is 2.05. The molecule has 1 fully saturated rings. The van der Waals surface area contributed by atoms with Gasteiger partial charge in [-0.25, -0.2) is 0 Å². The molecule has 1 nitrogen and oxygen atoms in total. The van der Waals surface area contributed by atoms with Gasteiger partial charge in [-0.05, 0) is 19.5 Å². The normalized spacial score (nSPS) is 25.8. The summed E-state index contributed by atoms with van der Waals surface area (Å²) in [5, 5.41) is 0. The Balaban J connectivity index is 2.08. The molecule has 1 radical (unpaired) electrons. The van der Waals surface area contributed by atoms with Crippen molar-refractivity contribution < 1.29 is 0 Å². The third-order valence-electron chi connectivity index (χ3n) is 0.949. The van der Waals surface area contributed by atoms with Gasteiger partial charge in [0.1, 0.15) is 0 Å². The Morgan fingerprint density at radius 1 is 1.40 bits per heavy atom. The average Bonchev–Trinajstić information content (AvgIpc) is 1.30. The molecule has 0 bridgehead atoms. The van der Waals surface area contributed by atoms with Crippen molar-refractivity contribution in [3.63, 3.8) is 0 Å². The Hall–Kier alpha value is -0.0400. The standard InChI is InChI=1S/C4H8N/c1-5-3-2-4-5/h1-4H2. The van der Waals surface area contributed by atoms with Crippen molar-refractivity contribution in [3.8, 4) is 0 Å². The van der Waals surface area contributed by atoms with E-state index < -0.39 is 0 Å². The van der Waals surface area contributed by atoms with Gasteiger partial charge in [0.15, 0.2) is 0 Å². The molecular formula is C4H8N. The average molecular weight is 70.1 g/mol. The van der Waals surface area contributed by atoms with E-state index in [0.29, 0.717) is 0 Å². The van der Waals surface area contributed by atoms with Crippen molar-refractivity contribution in [2.45, 2.75) is 6.42 Å². The second kappa shape index (κ2) is 0.977. The second-order valence-electron chi connectivity index (χ2n) is 1.47. The van der Waals surface area contributed by atoms with E-state index in [1.54, 1.807) is 0 Å². The molecule has 0 saturated carbocycles. The zero-order valence-electron chi connectivity index (χ0n) is 3.28. The molecule has 1 aliphatic heterocycles. The summed E-state index contributed by atoms with van der Waals surface area (Å²) in [6.45, 7) is 2.42. The van der Waals surface area contributed by atoms with Crippen LogP contribution < -0.4 is 0 Å². The molecule has 1 saturated heterocycles. The Bertz CT molecular complexity index is 30.6. The molecule has 0 spiro atoms. The van der Waals surface area contributed by atoms with E-state index in [9.17, 15) is 0 Å². The van der Waals surface area contributed by atoms with Gasteiger partial charge in [0.05, 0.1) is 0 Å². The summed E-state index contributed by atoms with van der Waals surface area (Å²) in [6.07, 6.45) is 1.35. The van der Waals surface area contributed by atoms with Crippen LogP contribution in [0.4, 0.5) is 0 Å². The Labute approximate surface area is 32.6 Å². The lowest BCUT2D eigenvalue weighted by Crippen LogP contribution is -2.30. The number of likely N-dealkylation sites (tertiary alicyclic amines) is 1. The van der Waals surface area contributed by atoms with Crippen molar-refractivity contribution in [1.82, 2.24) is 4.90 Å². The molecule has 0 aliphatic carbocycles. The molecule has 0 amide bonds. The van der Waals surface area contributed by atoms with E-state index >= 15 is 0 Å². The number of nitrogens with zero attached hydrogens (tertiary/aromatic N) is 1. The van der Waals surface area contributed by atoms with Crippen LogP contribution in [0.25, 0.3) is 0 Å². The van der Waals surface area contributed by atoms with E-state index in [0.717, 1.165) is 0 Å². The van der Waals surface area contributed by atoms with Gasteiger partial charge < -0.3 is 4.90 Å². The van der Waals surface area contributed by atoms with Gasteiger partial charge in [-0.3, -0.25) is 0 Å². The topological polar surface area (TPSA) is 3.24 Å². The predicted octanol–water partition coefficient (Wildman–Crippen LogP) is 0.484.